The summed E-state index contributed by atoms with van der Waals surface area (Å²) in [7, 11) is 1.59. The SMILES string of the molecule is Cc1nnc(CO)c(=O)n1C. The average molecular weight is 155 g/mol. The van der Waals surface area contributed by atoms with Gasteiger partial charge in [0.05, 0.1) is 6.61 Å². The quantitative estimate of drug-likeness (QED) is 0.563. The fourth-order valence-electron chi connectivity index (χ4n) is 0.682. The molecule has 1 heterocycles. The molecule has 0 bridgehead atoms. The summed E-state index contributed by atoms with van der Waals surface area (Å²) in [6.45, 7) is 1.31. The van der Waals surface area contributed by atoms with Gasteiger partial charge in [-0.15, -0.1) is 10.2 Å². The molecule has 5 nitrogen and oxygen atoms in total. The third-order valence-electron chi connectivity index (χ3n) is 1.50. The summed E-state index contributed by atoms with van der Waals surface area (Å²) < 4.78 is 1.35. The first-order valence-corrected chi connectivity index (χ1v) is 3.17. The highest BCUT2D eigenvalue weighted by atomic mass is 16.3. The van der Waals surface area contributed by atoms with E-state index in [4.69, 9.17) is 5.11 Å². The van der Waals surface area contributed by atoms with E-state index in [-0.39, 0.29) is 17.9 Å². The molecule has 0 aromatic carbocycles. The van der Waals surface area contributed by atoms with Gasteiger partial charge in [-0.25, -0.2) is 0 Å². The molecule has 5 heteroatoms. The Morgan fingerprint density at radius 1 is 1.55 bits per heavy atom. The number of aryl methyl sites for hydroxylation is 1. The third-order valence-corrected chi connectivity index (χ3v) is 1.50. The van der Waals surface area contributed by atoms with Crippen molar-refractivity contribution in [2.75, 3.05) is 0 Å². The first-order valence-electron chi connectivity index (χ1n) is 3.17. The Hall–Kier alpha value is -1.23. The maximum atomic E-state index is 11.1. The number of hydrogen-bond donors (Lipinski definition) is 1. The van der Waals surface area contributed by atoms with Crippen molar-refractivity contribution in [3.05, 3.63) is 21.9 Å². The topological polar surface area (TPSA) is 68.0 Å². The highest BCUT2D eigenvalue weighted by molar-refractivity contribution is 4.94. The second-order valence-electron chi connectivity index (χ2n) is 2.22. The zero-order valence-corrected chi connectivity index (χ0v) is 6.40. The van der Waals surface area contributed by atoms with Crippen molar-refractivity contribution in [2.24, 2.45) is 7.05 Å². The standard InChI is InChI=1S/C6H9N3O2/c1-4-7-8-5(3-10)6(11)9(4)2/h10H,3H2,1-2H3. The van der Waals surface area contributed by atoms with Gasteiger partial charge in [-0.2, -0.15) is 0 Å². The molecule has 0 fully saturated rings. The van der Waals surface area contributed by atoms with Gasteiger partial charge in [0.15, 0.2) is 5.69 Å². The van der Waals surface area contributed by atoms with Crippen LogP contribution in [0.1, 0.15) is 11.5 Å². The van der Waals surface area contributed by atoms with Crippen LogP contribution >= 0.6 is 0 Å². The molecule has 1 aromatic rings. The maximum absolute atomic E-state index is 11.1. The van der Waals surface area contributed by atoms with Crippen LogP contribution in [0.2, 0.25) is 0 Å². The third kappa shape index (κ3) is 1.27. The lowest BCUT2D eigenvalue weighted by atomic mass is 10.5. The number of aliphatic hydroxyl groups is 1. The lowest BCUT2D eigenvalue weighted by Crippen LogP contribution is -2.26. The van der Waals surface area contributed by atoms with Crippen molar-refractivity contribution in [1.29, 1.82) is 0 Å². The van der Waals surface area contributed by atoms with Crippen LogP contribution in [-0.2, 0) is 13.7 Å². The van der Waals surface area contributed by atoms with Gasteiger partial charge in [-0.05, 0) is 6.92 Å². The van der Waals surface area contributed by atoms with Gasteiger partial charge in [-0.3, -0.25) is 9.36 Å². The number of aliphatic hydroxyl groups excluding tert-OH is 1. The van der Waals surface area contributed by atoms with Gasteiger partial charge in [0.25, 0.3) is 5.56 Å². The highest BCUT2D eigenvalue weighted by Gasteiger charge is 2.03. The van der Waals surface area contributed by atoms with Crippen LogP contribution in [0.25, 0.3) is 0 Å². The van der Waals surface area contributed by atoms with Crippen molar-refractivity contribution in [3.8, 4) is 0 Å². The minimum atomic E-state index is -0.361. The Kier molecular flexibility index (Phi) is 2.00. The van der Waals surface area contributed by atoms with Crippen LogP contribution in [0.3, 0.4) is 0 Å². The molecule has 0 unspecified atom stereocenters. The van der Waals surface area contributed by atoms with Crippen molar-refractivity contribution in [2.45, 2.75) is 13.5 Å². The molecule has 60 valence electrons. The Bertz CT molecular complexity index is 318. The van der Waals surface area contributed by atoms with E-state index in [2.05, 4.69) is 10.2 Å². The molecule has 0 saturated carbocycles. The molecule has 0 atom stereocenters. The minimum absolute atomic E-state index is 0.0816. The van der Waals surface area contributed by atoms with E-state index in [1.165, 1.54) is 4.57 Å². The predicted molar refractivity (Wildman–Crippen MR) is 37.9 cm³/mol. The molecular weight excluding hydrogens is 146 g/mol. The number of nitrogens with zero attached hydrogens (tertiary/aromatic N) is 3. The summed E-state index contributed by atoms with van der Waals surface area (Å²) in [6, 6.07) is 0. The van der Waals surface area contributed by atoms with Gasteiger partial charge in [-0.1, -0.05) is 0 Å². The molecule has 1 rings (SSSR count). The summed E-state index contributed by atoms with van der Waals surface area (Å²) >= 11 is 0. The van der Waals surface area contributed by atoms with Gasteiger partial charge in [0.1, 0.15) is 5.82 Å². The fraction of sp³-hybridized carbons (Fsp3) is 0.500. The molecule has 0 aliphatic carbocycles. The summed E-state index contributed by atoms with van der Waals surface area (Å²) in [6.07, 6.45) is 0. The summed E-state index contributed by atoms with van der Waals surface area (Å²) in [4.78, 5) is 11.1. The second kappa shape index (κ2) is 2.79. The van der Waals surface area contributed by atoms with Crippen LogP contribution in [0.5, 0.6) is 0 Å². The molecular formula is C6H9N3O2. The zero-order chi connectivity index (χ0) is 8.43. The molecule has 1 N–H and O–H groups in total. The lowest BCUT2D eigenvalue weighted by molar-refractivity contribution is 0.271. The maximum Gasteiger partial charge on any atom is 0.277 e. The van der Waals surface area contributed by atoms with Crippen molar-refractivity contribution in [1.82, 2.24) is 14.8 Å². The largest absolute Gasteiger partial charge is 0.390 e. The van der Waals surface area contributed by atoms with E-state index < -0.39 is 0 Å². The molecule has 0 radical (unpaired) electrons. The van der Waals surface area contributed by atoms with Crippen LogP contribution in [0.15, 0.2) is 4.79 Å². The summed E-state index contributed by atoms with van der Waals surface area (Å²) in [5.41, 5.74) is -0.210. The van der Waals surface area contributed by atoms with Crippen LogP contribution in [0, 0.1) is 6.92 Å². The van der Waals surface area contributed by atoms with Gasteiger partial charge in [0.2, 0.25) is 0 Å². The molecule has 1 aromatic heterocycles. The minimum Gasteiger partial charge on any atom is -0.390 e. The van der Waals surface area contributed by atoms with Crippen LogP contribution < -0.4 is 5.56 Å². The molecule has 0 aliphatic rings. The van der Waals surface area contributed by atoms with Gasteiger partial charge < -0.3 is 5.11 Å². The number of hydrogen-bond acceptors (Lipinski definition) is 4. The van der Waals surface area contributed by atoms with Gasteiger partial charge in [0, 0.05) is 7.05 Å². The molecule has 0 saturated heterocycles. The smallest absolute Gasteiger partial charge is 0.277 e. The van der Waals surface area contributed by atoms with E-state index >= 15 is 0 Å². The molecule has 0 spiro atoms. The first-order chi connectivity index (χ1) is 5.16. The van der Waals surface area contributed by atoms with Crippen LogP contribution in [-0.4, -0.2) is 19.9 Å². The van der Waals surface area contributed by atoms with E-state index in [0.29, 0.717) is 5.82 Å². The predicted octanol–water partition coefficient (Wildman–Crippen LogP) is -1.02. The second-order valence-corrected chi connectivity index (χ2v) is 2.22. The van der Waals surface area contributed by atoms with E-state index in [0.717, 1.165) is 0 Å². The van der Waals surface area contributed by atoms with E-state index in [9.17, 15) is 4.79 Å². The summed E-state index contributed by atoms with van der Waals surface area (Å²) in [5.74, 6) is 0.534. The van der Waals surface area contributed by atoms with E-state index in [1.807, 2.05) is 0 Å². The number of aromatic nitrogens is 3. The zero-order valence-electron chi connectivity index (χ0n) is 6.40. The van der Waals surface area contributed by atoms with E-state index in [1.54, 1.807) is 14.0 Å². The number of rotatable bonds is 1. The van der Waals surface area contributed by atoms with Crippen molar-refractivity contribution >= 4 is 0 Å². The monoisotopic (exact) mass is 155 g/mol. The Morgan fingerprint density at radius 2 is 2.18 bits per heavy atom. The lowest BCUT2D eigenvalue weighted by Gasteiger charge is -2.00. The van der Waals surface area contributed by atoms with Gasteiger partial charge >= 0.3 is 0 Å². The van der Waals surface area contributed by atoms with Crippen molar-refractivity contribution in [3.63, 3.8) is 0 Å². The Labute approximate surface area is 63.3 Å². The normalized spacial score (nSPS) is 10.1. The summed E-state index contributed by atoms with van der Waals surface area (Å²) in [5, 5.41) is 15.8. The van der Waals surface area contributed by atoms with Crippen molar-refractivity contribution < 1.29 is 5.11 Å². The van der Waals surface area contributed by atoms with Crippen LogP contribution in [0.4, 0.5) is 0 Å². The Balaban J connectivity index is 3.37. The fourth-order valence-corrected chi connectivity index (χ4v) is 0.682. The first kappa shape index (κ1) is 7.87. The molecule has 11 heavy (non-hydrogen) atoms. The molecule has 0 aliphatic heterocycles. The average Bonchev–Trinajstić information content (AvgIpc) is 2.01. The molecule has 0 amide bonds. The Morgan fingerprint density at radius 3 is 2.73 bits per heavy atom. The highest BCUT2D eigenvalue weighted by Crippen LogP contribution is 1.85.